The summed E-state index contributed by atoms with van der Waals surface area (Å²) < 4.78 is 5.80. The monoisotopic (exact) mass is 251 g/mol. The zero-order chi connectivity index (χ0) is 13.1. The smallest absolute Gasteiger partial charge is 0.194 e. The first-order chi connectivity index (χ1) is 8.60. The molecule has 0 amide bonds. The number of nitrogens with zero attached hydrogens (tertiary/aromatic N) is 2. The van der Waals surface area contributed by atoms with E-state index in [9.17, 15) is 0 Å². The third-order valence-corrected chi connectivity index (χ3v) is 3.94. The Kier molecular flexibility index (Phi) is 4.40. The van der Waals surface area contributed by atoms with E-state index in [0.717, 1.165) is 18.1 Å². The number of oxazole rings is 1. The van der Waals surface area contributed by atoms with Crippen molar-refractivity contribution in [2.75, 3.05) is 20.1 Å². The van der Waals surface area contributed by atoms with Gasteiger partial charge in [0.05, 0.1) is 12.2 Å². The first kappa shape index (κ1) is 13.6. The molecule has 1 aromatic heterocycles. The van der Waals surface area contributed by atoms with Gasteiger partial charge in [-0.2, -0.15) is 0 Å². The minimum absolute atomic E-state index is 0.238. The third kappa shape index (κ3) is 3.12. The van der Waals surface area contributed by atoms with E-state index >= 15 is 0 Å². The average Bonchev–Trinajstić information content (AvgIpc) is 2.98. The molecular formula is C14H25N3O. The van der Waals surface area contributed by atoms with Gasteiger partial charge in [0.1, 0.15) is 5.76 Å². The van der Waals surface area contributed by atoms with E-state index in [4.69, 9.17) is 4.42 Å². The van der Waals surface area contributed by atoms with Crippen LogP contribution < -0.4 is 5.32 Å². The quantitative estimate of drug-likeness (QED) is 0.871. The van der Waals surface area contributed by atoms with Crippen molar-refractivity contribution in [3.63, 3.8) is 0 Å². The van der Waals surface area contributed by atoms with Crippen LogP contribution in [0.25, 0.3) is 0 Å². The summed E-state index contributed by atoms with van der Waals surface area (Å²) in [5, 5.41) is 3.17. The SMILES string of the molecule is CNC(C)c1cnc(CC2CCN(C(C)C)C2)o1. The molecule has 4 nitrogen and oxygen atoms in total. The molecule has 1 aliphatic heterocycles. The van der Waals surface area contributed by atoms with Crippen LogP contribution in [0.5, 0.6) is 0 Å². The van der Waals surface area contributed by atoms with Crippen molar-refractivity contribution in [2.45, 2.75) is 45.7 Å². The lowest BCUT2D eigenvalue weighted by molar-refractivity contribution is 0.262. The Morgan fingerprint density at radius 2 is 2.28 bits per heavy atom. The van der Waals surface area contributed by atoms with Gasteiger partial charge in [-0.3, -0.25) is 0 Å². The van der Waals surface area contributed by atoms with Gasteiger partial charge in [0, 0.05) is 19.0 Å². The highest BCUT2D eigenvalue weighted by molar-refractivity contribution is 5.00. The van der Waals surface area contributed by atoms with Crippen LogP contribution in [0.2, 0.25) is 0 Å². The highest BCUT2D eigenvalue weighted by atomic mass is 16.4. The van der Waals surface area contributed by atoms with Gasteiger partial charge in [0.2, 0.25) is 0 Å². The maximum atomic E-state index is 5.80. The molecule has 0 aromatic carbocycles. The fraction of sp³-hybridized carbons (Fsp3) is 0.786. The van der Waals surface area contributed by atoms with Crippen molar-refractivity contribution in [2.24, 2.45) is 5.92 Å². The van der Waals surface area contributed by atoms with Gasteiger partial charge in [0.15, 0.2) is 5.89 Å². The van der Waals surface area contributed by atoms with E-state index in [1.165, 1.54) is 19.5 Å². The van der Waals surface area contributed by atoms with Crippen molar-refractivity contribution < 1.29 is 4.42 Å². The van der Waals surface area contributed by atoms with Crippen molar-refractivity contribution in [1.29, 1.82) is 0 Å². The first-order valence-electron chi connectivity index (χ1n) is 6.96. The summed E-state index contributed by atoms with van der Waals surface area (Å²) in [6, 6.07) is 0.890. The van der Waals surface area contributed by atoms with E-state index in [2.05, 4.69) is 36.0 Å². The lowest BCUT2D eigenvalue weighted by Gasteiger charge is -2.19. The topological polar surface area (TPSA) is 41.3 Å². The predicted octanol–water partition coefficient (Wildman–Crippen LogP) is 2.23. The molecule has 1 fully saturated rings. The molecular weight excluding hydrogens is 226 g/mol. The van der Waals surface area contributed by atoms with Crippen LogP contribution in [0, 0.1) is 5.92 Å². The second-order valence-electron chi connectivity index (χ2n) is 5.61. The first-order valence-corrected chi connectivity index (χ1v) is 6.96. The Morgan fingerprint density at radius 1 is 1.50 bits per heavy atom. The molecule has 102 valence electrons. The van der Waals surface area contributed by atoms with E-state index in [-0.39, 0.29) is 6.04 Å². The van der Waals surface area contributed by atoms with Crippen LogP contribution in [-0.4, -0.2) is 36.1 Å². The number of rotatable bonds is 5. The lowest BCUT2D eigenvalue weighted by atomic mass is 10.1. The Bertz CT molecular complexity index is 375. The maximum Gasteiger partial charge on any atom is 0.194 e. The standard InChI is InChI=1S/C14H25N3O/c1-10(2)17-6-5-12(9-17)7-14-16-8-13(18-14)11(3)15-4/h8,10-12,15H,5-7,9H2,1-4H3. The van der Waals surface area contributed by atoms with Gasteiger partial charge in [-0.25, -0.2) is 4.98 Å². The second kappa shape index (κ2) is 5.85. The van der Waals surface area contributed by atoms with Crippen molar-refractivity contribution >= 4 is 0 Å². The van der Waals surface area contributed by atoms with Crippen LogP contribution in [-0.2, 0) is 6.42 Å². The zero-order valence-corrected chi connectivity index (χ0v) is 11.9. The summed E-state index contributed by atoms with van der Waals surface area (Å²) in [7, 11) is 1.93. The third-order valence-electron chi connectivity index (χ3n) is 3.94. The van der Waals surface area contributed by atoms with Gasteiger partial charge >= 0.3 is 0 Å². The lowest BCUT2D eigenvalue weighted by Crippen LogP contribution is -2.28. The van der Waals surface area contributed by atoms with E-state index in [0.29, 0.717) is 12.0 Å². The number of hydrogen-bond acceptors (Lipinski definition) is 4. The molecule has 0 bridgehead atoms. The van der Waals surface area contributed by atoms with E-state index < -0.39 is 0 Å². The molecule has 2 heterocycles. The zero-order valence-electron chi connectivity index (χ0n) is 11.9. The molecule has 0 aliphatic carbocycles. The van der Waals surface area contributed by atoms with Gasteiger partial charge < -0.3 is 14.6 Å². The Balaban J connectivity index is 1.89. The van der Waals surface area contributed by atoms with Crippen LogP contribution in [0.1, 0.15) is 44.9 Å². The molecule has 2 rings (SSSR count). The molecule has 2 atom stereocenters. The van der Waals surface area contributed by atoms with Gasteiger partial charge in [-0.05, 0) is 46.7 Å². The normalized spacial score (nSPS) is 22.8. The minimum atomic E-state index is 0.238. The molecule has 1 saturated heterocycles. The summed E-state index contributed by atoms with van der Waals surface area (Å²) in [6.45, 7) is 9.00. The van der Waals surface area contributed by atoms with Crippen molar-refractivity contribution in [3.05, 3.63) is 17.8 Å². The number of nitrogens with one attached hydrogen (secondary N) is 1. The molecule has 0 radical (unpaired) electrons. The van der Waals surface area contributed by atoms with Gasteiger partial charge in [-0.1, -0.05) is 0 Å². The summed E-state index contributed by atoms with van der Waals surface area (Å²) in [5.41, 5.74) is 0. The molecule has 1 aromatic rings. The Labute approximate surface area is 110 Å². The summed E-state index contributed by atoms with van der Waals surface area (Å²) in [6.07, 6.45) is 4.09. The minimum Gasteiger partial charge on any atom is -0.444 e. The molecule has 0 saturated carbocycles. The van der Waals surface area contributed by atoms with Crippen molar-refractivity contribution in [3.8, 4) is 0 Å². The maximum absolute atomic E-state index is 5.80. The second-order valence-corrected chi connectivity index (χ2v) is 5.61. The highest BCUT2D eigenvalue weighted by Crippen LogP contribution is 2.23. The fourth-order valence-electron chi connectivity index (χ4n) is 2.51. The van der Waals surface area contributed by atoms with Crippen LogP contribution in [0.3, 0.4) is 0 Å². The van der Waals surface area contributed by atoms with Gasteiger partial charge in [0.25, 0.3) is 0 Å². The largest absolute Gasteiger partial charge is 0.444 e. The molecule has 2 unspecified atom stereocenters. The predicted molar refractivity (Wildman–Crippen MR) is 72.5 cm³/mol. The average molecular weight is 251 g/mol. The fourth-order valence-corrected chi connectivity index (χ4v) is 2.51. The summed E-state index contributed by atoms with van der Waals surface area (Å²) in [5.74, 6) is 2.53. The summed E-state index contributed by atoms with van der Waals surface area (Å²) >= 11 is 0. The van der Waals surface area contributed by atoms with Crippen LogP contribution >= 0.6 is 0 Å². The van der Waals surface area contributed by atoms with Gasteiger partial charge in [-0.15, -0.1) is 0 Å². The van der Waals surface area contributed by atoms with Crippen LogP contribution in [0.15, 0.2) is 10.6 Å². The number of aromatic nitrogens is 1. The molecule has 0 spiro atoms. The molecule has 1 aliphatic rings. The van der Waals surface area contributed by atoms with E-state index in [1.807, 2.05) is 13.2 Å². The van der Waals surface area contributed by atoms with Crippen LogP contribution in [0.4, 0.5) is 0 Å². The summed E-state index contributed by atoms with van der Waals surface area (Å²) in [4.78, 5) is 6.93. The van der Waals surface area contributed by atoms with E-state index in [1.54, 1.807) is 0 Å². The molecule has 4 heteroatoms. The molecule has 1 N–H and O–H groups in total. The number of hydrogen-bond donors (Lipinski definition) is 1. The highest BCUT2D eigenvalue weighted by Gasteiger charge is 2.25. The van der Waals surface area contributed by atoms with Crippen molar-refractivity contribution in [1.82, 2.24) is 15.2 Å². The Hall–Kier alpha value is -0.870. The molecule has 18 heavy (non-hydrogen) atoms. The Morgan fingerprint density at radius 3 is 2.89 bits per heavy atom. The number of likely N-dealkylation sites (tertiary alicyclic amines) is 1.